The van der Waals surface area contributed by atoms with E-state index in [4.69, 9.17) is 9.47 Å². The zero-order valence-corrected chi connectivity index (χ0v) is 8.78. The summed E-state index contributed by atoms with van der Waals surface area (Å²) in [4.78, 5) is 22.2. The lowest BCUT2D eigenvalue weighted by Crippen LogP contribution is -2.30. The van der Waals surface area contributed by atoms with Gasteiger partial charge in [-0.3, -0.25) is 4.79 Å². The second-order valence-electron chi connectivity index (χ2n) is 2.94. The molecule has 0 aliphatic heterocycles. The number of rotatable bonds is 6. The third-order valence-corrected chi connectivity index (χ3v) is 1.78. The Bertz CT molecular complexity index is 222. The van der Waals surface area contributed by atoms with E-state index in [2.05, 4.69) is 6.58 Å². The van der Waals surface area contributed by atoms with Crippen molar-refractivity contribution in [3.05, 3.63) is 12.7 Å². The Morgan fingerprint density at radius 3 is 2.43 bits per heavy atom. The molecule has 0 aromatic carbocycles. The van der Waals surface area contributed by atoms with Crippen LogP contribution >= 0.6 is 0 Å². The van der Waals surface area contributed by atoms with E-state index >= 15 is 0 Å². The molecule has 0 aromatic rings. The van der Waals surface area contributed by atoms with Gasteiger partial charge < -0.3 is 9.47 Å². The monoisotopic (exact) mass is 200 g/mol. The van der Waals surface area contributed by atoms with Gasteiger partial charge in [-0.2, -0.15) is 0 Å². The molecule has 14 heavy (non-hydrogen) atoms. The normalized spacial score (nSPS) is 14.2. The lowest BCUT2D eigenvalue weighted by molar-refractivity contribution is -0.163. The van der Waals surface area contributed by atoms with Crippen molar-refractivity contribution < 1.29 is 19.1 Å². The quantitative estimate of drug-likeness (QED) is 0.476. The Kier molecular flexibility index (Phi) is 5.79. The molecular formula is C10H16O4. The number of ketones is 1. The zero-order chi connectivity index (χ0) is 11.1. The summed E-state index contributed by atoms with van der Waals surface area (Å²) in [6.07, 6.45) is 0.480. The van der Waals surface area contributed by atoms with Gasteiger partial charge in [0.15, 0.2) is 18.0 Å². The molecule has 0 fully saturated rings. The van der Waals surface area contributed by atoms with E-state index < -0.39 is 18.2 Å². The second kappa shape index (κ2) is 6.32. The molecule has 0 radical (unpaired) electrons. The van der Waals surface area contributed by atoms with Crippen molar-refractivity contribution in [1.29, 1.82) is 0 Å². The first-order valence-corrected chi connectivity index (χ1v) is 4.37. The van der Waals surface area contributed by atoms with E-state index in [1.165, 1.54) is 20.1 Å². The Balaban J connectivity index is 4.22. The van der Waals surface area contributed by atoms with Gasteiger partial charge in [-0.15, -0.1) is 6.58 Å². The highest BCUT2D eigenvalue weighted by atomic mass is 16.6. The van der Waals surface area contributed by atoms with Crippen LogP contribution in [0, 0.1) is 0 Å². The van der Waals surface area contributed by atoms with Crippen LogP contribution in [0.4, 0.5) is 0 Å². The number of methoxy groups -OCH3 is 1. The number of Topliss-reactive ketones (excluding diaryl/α,β-unsaturated/α-hetero) is 1. The first-order valence-electron chi connectivity index (χ1n) is 4.37. The van der Waals surface area contributed by atoms with Crippen molar-refractivity contribution in [2.45, 2.75) is 32.5 Å². The van der Waals surface area contributed by atoms with E-state index in [1.54, 1.807) is 6.92 Å². The molecule has 0 amide bonds. The largest absolute Gasteiger partial charge is 0.452 e. The Morgan fingerprint density at radius 1 is 1.50 bits per heavy atom. The summed E-state index contributed by atoms with van der Waals surface area (Å²) >= 11 is 0. The summed E-state index contributed by atoms with van der Waals surface area (Å²) in [6.45, 7) is 6.42. The molecule has 0 aliphatic rings. The van der Waals surface area contributed by atoms with Crippen LogP contribution < -0.4 is 0 Å². The summed E-state index contributed by atoms with van der Waals surface area (Å²) in [5.74, 6) is -0.726. The van der Waals surface area contributed by atoms with Crippen molar-refractivity contribution in [3.8, 4) is 0 Å². The molecule has 0 aliphatic carbocycles. The fraction of sp³-hybridized carbons (Fsp3) is 0.600. The minimum Gasteiger partial charge on any atom is -0.452 e. The smallest absolute Gasteiger partial charge is 0.335 e. The molecule has 0 saturated carbocycles. The van der Waals surface area contributed by atoms with Gasteiger partial charge in [0.2, 0.25) is 0 Å². The van der Waals surface area contributed by atoms with Crippen LogP contribution in [-0.2, 0) is 19.1 Å². The lowest BCUT2D eigenvalue weighted by Gasteiger charge is -2.15. The van der Waals surface area contributed by atoms with Crippen LogP contribution in [0.15, 0.2) is 12.7 Å². The molecule has 4 heteroatoms. The first kappa shape index (κ1) is 12.8. The zero-order valence-electron chi connectivity index (χ0n) is 8.78. The van der Waals surface area contributed by atoms with Gasteiger partial charge in [-0.05, 0) is 13.8 Å². The fourth-order valence-electron chi connectivity index (χ4n) is 0.781. The molecule has 4 nitrogen and oxygen atoms in total. The van der Waals surface area contributed by atoms with Gasteiger partial charge in [-0.25, -0.2) is 4.79 Å². The molecule has 0 aromatic heterocycles. The molecule has 2 atom stereocenters. The maximum atomic E-state index is 11.2. The fourth-order valence-corrected chi connectivity index (χ4v) is 0.781. The van der Waals surface area contributed by atoms with E-state index in [9.17, 15) is 9.59 Å². The molecule has 0 N–H and O–H groups in total. The summed E-state index contributed by atoms with van der Waals surface area (Å²) in [5, 5.41) is 0. The second-order valence-corrected chi connectivity index (χ2v) is 2.94. The SMILES string of the molecule is C=CCC(OC(=O)C(C)OC)C(C)=O. The highest BCUT2D eigenvalue weighted by Gasteiger charge is 2.21. The van der Waals surface area contributed by atoms with Gasteiger partial charge in [-0.1, -0.05) is 6.08 Å². The third kappa shape index (κ3) is 4.18. The number of esters is 1. The van der Waals surface area contributed by atoms with Gasteiger partial charge in [0.1, 0.15) is 0 Å². The average molecular weight is 200 g/mol. The molecule has 2 unspecified atom stereocenters. The summed E-state index contributed by atoms with van der Waals surface area (Å²) in [7, 11) is 1.40. The third-order valence-electron chi connectivity index (χ3n) is 1.78. The first-order chi connectivity index (χ1) is 6.52. The summed E-state index contributed by atoms with van der Waals surface area (Å²) in [5.41, 5.74) is 0. The molecule has 0 bridgehead atoms. The van der Waals surface area contributed by atoms with Crippen LogP contribution in [0.5, 0.6) is 0 Å². The molecule has 80 valence electrons. The standard InChI is InChI=1S/C10H16O4/c1-5-6-9(7(2)11)14-10(12)8(3)13-4/h5,8-9H,1,6H2,2-4H3. The van der Waals surface area contributed by atoms with E-state index in [1.807, 2.05) is 0 Å². The van der Waals surface area contributed by atoms with Gasteiger partial charge in [0, 0.05) is 13.5 Å². The predicted octanol–water partition coefficient (Wildman–Crippen LogP) is 1.10. The van der Waals surface area contributed by atoms with E-state index in [-0.39, 0.29) is 5.78 Å². The molecule has 0 rings (SSSR count). The Morgan fingerprint density at radius 2 is 2.07 bits per heavy atom. The maximum Gasteiger partial charge on any atom is 0.335 e. The van der Waals surface area contributed by atoms with Crippen LogP contribution in [0.1, 0.15) is 20.3 Å². The van der Waals surface area contributed by atoms with E-state index in [0.717, 1.165) is 0 Å². The van der Waals surface area contributed by atoms with Gasteiger partial charge >= 0.3 is 5.97 Å². The topological polar surface area (TPSA) is 52.6 Å². The molecular weight excluding hydrogens is 184 g/mol. The number of ether oxygens (including phenoxy) is 2. The Hall–Kier alpha value is -1.16. The highest BCUT2D eigenvalue weighted by Crippen LogP contribution is 2.04. The lowest BCUT2D eigenvalue weighted by atomic mass is 10.2. The number of carbonyl (C=O) groups excluding carboxylic acids is 2. The van der Waals surface area contributed by atoms with E-state index in [0.29, 0.717) is 6.42 Å². The van der Waals surface area contributed by atoms with Crippen molar-refractivity contribution >= 4 is 11.8 Å². The van der Waals surface area contributed by atoms with Crippen LogP contribution in [0.25, 0.3) is 0 Å². The summed E-state index contributed by atoms with van der Waals surface area (Å²) < 4.78 is 9.68. The number of carbonyl (C=O) groups is 2. The number of hydrogen-bond acceptors (Lipinski definition) is 4. The van der Waals surface area contributed by atoms with Crippen LogP contribution in [-0.4, -0.2) is 31.1 Å². The molecule has 0 heterocycles. The van der Waals surface area contributed by atoms with Crippen molar-refractivity contribution in [3.63, 3.8) is 0 Å². The predicted molar refractivity (Wildman–Crippen MR) is 51.8 cm³/mol. The van der Waals surface area contributed by atoms with Crippen LogP contribution in [0.3, 0.4) is 0 Å². The van der Waals surface area contributed by atoms with Gasteiger partial charge in [0.25, 0.3) is 0 Å². The van der Waals surface area contributed by atoms with Crippen molar-refractivity contribution in [1.82, 2.24) is 0 Å². The average Bonchev–Trinajstić information content (AvgIpc) is 2.15. The molecule has 0 spiro atoms. The summed E-state index contributed by atoms with van der Waals surface area (Å²) in [6, 6.07) is 0. The molecule has 0 saturated heterocycles. The Labute approximate surface area is 83.9 Å². The number of hydrogen-bond donors (Lipinski definition) is 0. The minimum atomic E-state index is -0.738. The van der Waals surface area contributed by atoms with Gasteiger partial charge in [0.05, 0.1) is 0 Å². The van der Waals surface area contributed by atoms with Crippen LogP contribution in [0.2, 0.25) is 0 Å². The van der Waals surface area contributed by atoms with Crippen molar-refractivity contribution in [2.75, 3.05) is 7.11 Å². The van der Waals surface area contributed by atoms with Crippen molar-refractivity contribution in [2.24, 2.45) is 0 Å². The highest BCUT2D eigenvalue weighted by molar-refractivity contribution is 5.84. The minimum absolute atomic E-state index is 0.193. The maximum absolute atomic E-state index is 11.2.